The number of fused-ring (bicyclic) bond motifs is 1. The molecule has 2 aromatic carbocycles. The molecule has 1 aliphatic rings. The molecule has 1 fully saturated rings. The fourth-order valence-electron chi connectivity index (χ4n) is 4.44. The van der Waals surface area contributed by atoms with Gasteiger partial charge in [-0.15, -0.1) is 0 Å². The van der Waals surface area contributed by atoms with Crippen molar-refractivity contribution < 1.29 is 4.79 Å². The number of rotatable bonds is 6. The monoisotopic (exact) mass is 466 g/mol. The van der Waals surface area contributed by atoms with E-state index in [9.17, 15) is 9.59 Å². The SMILES string of the molecule is Cc1cc2nc(C)c(=O)n(CC(=O)NCC3CCN(Cc4ccc(Cl)cc4)CC3)c2cc1C. The van der Waals surface area contributed by atoms with Crippen LogP contribution in [0.4, 0.5) is 0 Å². The molecule has 0 unspecified atom stereocenters. The minimum absolute atomic E-state index is 0.0105. The van der Waals surface area contributed by atoms with Crippen molar-refractivity contribution in [3.63, 3.8) is 0 Å². The highest BCUT2D eigenvalue weighted by atomic mass is 35.5. The molecule has 1 saturated heterocycles. The average molecular weight is 467 g/mol. The first-order valence-electron chi connectivity index (χ1n) is 11.5. The Morgan fingerprint density at radius 1 is 1.09 bits per heavy atom. The van der Waals surface area contributed by atoms with Gasteiger partial charge in [-0.1, -0.05) is 23.7 Å². The summed E-state index contributed by atoms with van der Waals surface area (Å²) in [7, 11) is 0. The number of likely N-dealkylation sites (tertiary alicyclic amines) is 1. The number of piperidine rings is 1. The van der Waals surface area contributed by atoms with E-state index in [0.29, 0.717) is 23.7 Å². The zero-order chi connectivity index (χ0) is 23.5. The van der Waals surface area contributed by atoms with Crippen molar-refractivity contribution in [3.8, 4) is 0 Å². The molecule has 2 heterocycles. The molecule has 7 heteroatoms. The molecule has 0 spiro atoms. The lowest BCUT2D eigenvalue weighted by molar-refractivity contribution is -0.121. The molecule has 174 valence electrons. The van der Waals surface area contributed by atoms with Crippen LogP contribution >= 0.6 is 11.6 Å². The second-order valence-corrected chi connectivity index (χ2v) is 9.60. The summed E-state index contributed by atoms with van der Waals surface area (Å²) < 4.78 is 1.55. The highest BCUT2D eigenvalue weighted by Crippen LogP contribution is 2.20. The van der Waals surface area contributed by atoms with Crippen molar-refractivity contribution >= 4 is 28.5 Å². The molecule has 0 radical (unpaired) electrons. The molecule has 1 aliphatic heterocycles. The van der Waals surface area contributed by atoms with Gasteiger partial charge in [0.05, 0.1) is 11.0 Å². The quantitative estimate of drug-likeness (QED) is 0.596. The Morgan fingerprint density at radius 2 is 1.76 bits per heavy atom. The predicted octanol–water partition coefficient (Wildman–Crippen LogP) is 4.00. The first kappa shape index (κ1) is 23.5. The standard InChI is InChI=1S/C26H31ClN4O2/c1-17-12-23-24(13-18(17)2)31(26(33)19(3)29-23)16-25(32)28-14-20-8-10-30(11-9-20)15-21-4-6-22(27)7-5-21/h4-7,12-13,20H,8-11,14-16H2,1-3H3,(H,28,32). The van der Waals surface area contributed by atoms with Crippen LogP contribution in [0.1, 0.15) is 35.2 Å². The van der Waals surface area contributed by atoms with Gasteiger partial charge in [0, 0.05) is 18.1 Å². The molecular formula is C26H31ClN4O2. The van der Waals surface area contributed by atoms with Gasteiger partial charge in [0.25, 0.3) is 5.56 Å². The number of carbonyl (C=O) groups excluding carboxylic acids is 1. The van der Waals surface area contributed by atoms with E-state index in [0.717, 1.165) is 54.1 Å². The third-order valence-electron chi connectivity index (χ3n) is 6.64. The summed E-state index contributed by atoms with van der Waals surface area (Å²) in [5.74, 6) is 0.318. The normalized spacial score (nSPS) is 15.2. The van der Waals surface area contributed by atoms with Gasteiger partial charge >= 0.3 is 0 Å². The van der Waals surface area contributed by atoms with Crippen molar-refractivity contribution in [3.05, 3.63) is 74.2 Å². The van der Waals surface area contributed by atoms with Crippen LogP contribution < -0.4 is 10.9 Å². The Bertz CT molecular complexity index is 1210. The van der Waals surface area contributed by atoms with Crippen LogP contribution in [0.2, 0.25) is 5.02 Å². The van der Waals surface area contributed by atoms with Gasteiger partial charge in [-0.05, 0) is 93.6 Å². The van der Waals surface area contributed by atoms with E-state index < -0.39 is 0 Å². The van der Waals surface area contributed by atoms with Crippen molar-refractivity contribution in [1.29, 1.82) is 0 Å². The summed E-state index contributed by atoms with van der Waals surface area (Å²) in [5, 5.41) is 3.82. The second kappa shape index (κ2) is 10.1. The highest BCUT2D eigenvalue weighted by Gasteiger charge is 2.20. The largest absolute Gasteiger partial charge is 0.354 e. The molecule has 3 aromatic rings. The number of nitrogens with one attached hydrogen (secondary N) is 1. The molecule has 1 aromatic heterocycles. The third-order valence-corrected chi connectivity index (χ3v) is 6.89. The molecule has 0 aliphatic carbocycles. The van der Waals surface area contributed by atoms with E-state index in [-0.39, 0.29) is 18.0 Å². The first-order valence-corrected chi connectivity index (χ1v) is 11.9. The van der Waals surface area contributed by atoms with E-state index in [1.807, 2.05) is 38.1 Å². The van der Waals surface area contributed by atoms with Gasteiger partial charge in [-0.2, -0.15) is 0 Å². The fourth-order valence-corrected chi connectivity index (χ4v) is 4.56. The molecule has 4 rings (SSSR count). The summed E-state index contributed by atoms with van der Waals surface area (Å²) in [6.07, 6.45) is 2.09. The number of hydrogen-bond acceptors (Lipinski definition) is 4. The minimum Gasteiger partial charge on any atom is -0.354 e. The molecule has 33 heavy (non-hydrogen) atoms. The lowest BCUT2D eigenvalue weighted by Gasteiger charge is -2.32. The molecule has 1 N–H and O–H groups in total. The summed E-state index contributed by atoms with van der Waals surface area (Å²) in [6.45, 7) is 9.32. The molecule has 0 bridgehead atoms. The van der Waals surface area contributed by atoms with Crippen LogP contribution in [-0.2, 0) is 17.9 Å². The number of carbonyl (C=O) groups is 1. The number of aryl methyl sites for hydroxylation is 3. The van der Waals surface area contributed by atoms with Crippen molar-refractivity contribution in [1.82, 2.24) is 19.8 Å². The summed E-state index contributed by atoms with van der Waals surface area (Å²) >= 11 is 5.97. The Balaban J connectivity index is 1.33. The fraction of sp³-hybridized carbons (Fsp3) is 0.423. The van der Waals surface area contributed by atoms with Crippen molar-refractivity contribution in [2.75, 3.05) is 19.6 Å². The van der Waals surface area contributed by atoms with E-state index >= 15 is 0 Å². The van der Waals surface area contributed by atoms with E-state index in [1.54, 1.807) is 11.5 Å². The van der Waals surface area contributed by atoms with Gasteiger partial charge < -0.3 is 5.32 Å². The average Bonchev–Trinajstić information content (AvgIpc) is 2.79. The van der Waals surface area contributed by atoms with E-state index in [2.05, 4.69) is 27.3 Å². The zero-order valence-corrected chi connectivity index (χ0v) is 20.3. The summed E-state index contributed by atoms with van der Waals surface area (Å²) in [6, 6.07) is 11.9. The molecule has 1 amide bonds. The first-order chi connectivity index (χ1) is 15.8. The van der Waals surface area contributed by atoms with Crippen LogP contribution in [0.25, 0.3) is 11.0 Å². The Morgan fingerprint density at radius 3 is 2.45 bits per heavy atom. The number of aromatic nitrogens is 2. The van der Waals surface area contributed by atoms with Crippen LogP contribution in [0, 0.1) is 26.7 Å². The van der Waals surface area contributed by atoms with Gasteiger partial charge in [0.2, 0.25) is 5.91 Å². The van der Waals surface area contributed by atoms with E-state index in [1.165, 1.54) is 5.56 Å². The maximum Gasteiger partial charge on any atom is 0.272 e. The van der Waals surface area contributed by atoms with Crippen molar-refractivity contribution in [2.45, 2.75) is 46.7 Å². The predicted molar refractivity (Wildman–Crippen MR) is 133 cm³/mol. The zero-order valence-electron chi connectivity index (χ0n) is 19.5. The molecular weight excluding hydrogens is 436 g/mol. The number of halogens is 1. The Kier molecular flexibility index (Phi) is 7.15. The number of amides is 1. The van der Waals surface area contributed by atoms with Gasteiger partial charge in [0.15, 0.2) is 0 Å². The van der Waals surface area contributed by atoms with E-state index in [4.69, 9.17) is 11.6 Å². The maximum atomic E-state index is 12.7. The van der Waals surface area contributed by atoms with Crippen LogP contribution in [0.15, 0.2) is 41.2 Å². The van der Waals surface area contributed by atoms with Crippen molar-refractivity contribution in [2.24, 2.45) is 5.92 Å². The molecule has 6 nitrogen and oxygen atoms in total. The van der Waals surface area contributed by atoms with Crippen LogP contribution in [0.3, 0.4) is 0 Å². The van der Waals surface area contributed by atoms with Gasteiger partial charge in [0.1, 0.15) is 12.2 Å². The van der Waals surface area contributed by atoms with Crippen LogP contribution in [0.5, 0.6) is 0 Å². The third kappa shape index (κ3) is 5.63. The Labute approximate surface area is 199 Å². The Hall–Kier alpha value is -2.70. The number of nitrogens with zero attached hydrogens (tertiary/aromatic N) is 3. The lowest BCUT2D eigenvalue weighted by atomic mass is 9.96. The number of hydrogen-bond donors (Lipinski definition) is 1. The topological polar surface area (TPSA) is 67.2 Å². The highest BCUT2D eigenvalue weighted by molar-refractivity contribution is 6.30. The maximum absolute atomic E-state index is 12.7. The second-order valence-electron chi connectivity index (χ2n) is 9.16. The molecule has 0 saturated carbocycles. The van der Waals surface area contributed by atoms with Crippen LogP contribution in [-0.4, -0.2) is 40.0 Å². The number of benzene rings is 2. The van der Waals surface area contributed by atoms with Gasteiger partial charge in [-0.25, -0.2) is 4.98 Å². The lowest BCUT2D eigenvalue weighted by Crippen LogP contribution is -2.40. The summed E-state index contributed by atoms with van der Waals surface area (Å²) in [5.41, 5.74) is 5.11. The summed E-state index contributed by atoms with van der Waals surface area (Å²) in [4.78, 5) is 32.3. The van der Waals surface area contributed by atoms with Gasteiger partial charge in [-0.3, -0.25) is 19.1 Å². The minimum atomic E-state index is -0.212. The smallest absolute Gasteiger partial charge is 0.272 e. The molecule has 0 atom stereocenters.